The lowest BCUT2D eigenvalue weighted by molar-refractivity contribution is 0.410. The van der Waals surface area contributed by atoms with Crippen molar-refractivity contribution in [2.24, 2.45) is 0 Å². The minimum Gasteiger partial charge on any atom is -0.496 e. The number of nitrogens with zero attached hydrogens (tertiary/aromatic N) is 3. The molecule has 2 N–H and O–H groups in total. The molecule has 0 saturated carbocycles. The molecule has 0 spiro atoms. The Balaban J connectivity index is 1.44. The summed E-state index contributed by atoms with van der Waals surface area (Å²) < 4.78 is 5.40. The van der Waals surface area contributed by atoms with Crippen LogP contribution in [0.2, 0.25) is 0 Å². The SMILES string of the molecule is COc1ccccc1CCNc1ccnc(Nc2cccc3cccnc23)n1. The van der Waals surface area contributed by atoms with E-state index in [1.807, 2.05) is 54.6 Å². The number of aromatic nitrogens is 3. The first-order valence-corrected chi connectivity index (χ1v) is 9.13. The highest BCUT2D eigenvalue weighted by Gasteiger charge is 2.05. The van der Waals surface area contributed by atoms with Gasteiger partial charge in [0.15, 0.2) is 0 Å². The van der Waals surface area contributed by atoms with Gasteiger partial charge in [-0.25, -0.2) is 4.98 Å². The minimum absolute atomic E-state index is 0.528. The van der Waals surface area contributed by atoms with Crippen molar-refractivity contribution < 1.29 is 4.74 Å². The number of hydrogen-bond acceptors (Lipinski definition) is 6. The van der Waals surface area contributed by atoms with E-state index in [4.69, 9.17) is 4.74 Å². The van der Waals surface area contributed by atoms with E-state index in [2.05, 4.69) is 31.7 Å². The Labute approximate surface area is 163 Å². The Kier molecular flexibility index (Phi) is 5.29. The molecule has 28 heavy (non-hydrogen) atoms. The molecule has 4 rings (SSSR count). The van der Waals surface area contributed by atoms with Gasteiger partial charge in [-0.1, -0.05) is 36.4 Å². The third kappa shape index (κ3) is 4.01. The maximum absolute atomic E-state index is 5.40. The third-order valence-corrected chi connectivity index (χ3v) is 4.43. The number of ether oxygens (including phenoxy) is 1. The Hall–Kier alpha value is -3.67. The second kappa shape index (κ2) is 8.35. The van der Waals surface area contributed by atoms with Gasteiger partial charge in [-0.2, -0.15) is 4.98 Å². The van der Waals surface area contributed by atoms with Gasteiger partial charge in [0.2, 0.25) is 5.95 Å². The number of anilines is 3. The zero-order valence-electron chi connectivity index (χ0n) is 15.6. The Morgan fingerprint density at radius 1 is 0.893 bits per heavy atom. The molecule has 0 saturated heterocycles. The molecule has 2 heterocycles. The molecule has 2 aromatic heterocycles. The maximum Gasteiger partial charge on any atom is 0.229 e. The van der Waals surface area contributed by atoms with E-state index >= 15 is 0 Å². The van der Waals surface area contributed by atoms with Crippen LogP contribution in [0.3, 0.4) is 0 Å². The number of nitrogens with one attached hydrogen (secondary N) is 2. The summed E-state index contributed by atoms with van der Waals surface area (Å²) in [4.78, 5) is 13.3. The number of rotatable bonds is 7. The fraction of sp³-hybridized carbons (Fsp3) is 0.136. The van der Waals surface area contributed by atoms with E-state index in [0.717, 1.165) is 46.7 Å². The zero-order chi connectivity index (χ0) is 19.2. The van der Waals surface area contributed by atoms with Gasteiger partial charge >= 0.3 is 0 Å². The molecule has 0 radical (unpaired) electrons. The quantitative estimate of drug-likeness (QED) is 0.501. The standard InChI is InChI=1S/C22H21N5O/c1-28-19-10-3-2-6-16(19)11-14-23-20-12-15-25-22(27-20)26-18-9-4-7-17-8-5-13-24-21(17)18/h2-10,12-13,15H,11,14H2,1H3,(H2,23,25,26,27). The lowest BCUT2D eigenvalue weighted by Gasteiger charge is -2.11. The molecule has 6 nitrogen and oxygen atoms in total. The van der Waals surface area contributed by atoms with Crippen LogP contribution in [0, 0.1) is 0 Å². The van der Waals surface area contributed by atoms with Crippen molar-refractivity contribution in [2.75, 3.05) is 24.3 Å². The summed E-state index contributed by atoms with van der Waals surface area (Å²) in [5.74, 6) is 2.19. The predicted octanol–water partition coefficient (Wildman–Crippen LogP) is 4.43. The number of benzene rings is 2. The van der Waals surface area contributed by atoms with Crippen molar-refractivity contribution >= 4 is 28.4 Å². The largest absolute Gasteiger partial charge is 0.496 e. The van der Waals surface area contributed by atoms with Crippen LogP contribution in [-0.4, -0.2) is 28.6 Å². The van der Waals surface area contributed by atoms with Crippen LogP contribution in [0.1, 0.15) is 5.56 Å². The van der Waals surface area contributed by atoms with Gasteiger partial charge in [-0.15, -0.1) is 0 Å². The number of hydrogen-bond donors (Lipinski definition) is 2. The van der Waals surface area contributed by atoms with Crippen LogP contribution in [0.25, 0.3) is 10.9 Å². The summed E-state index contributed by atoms with van der Waals surface area (Å²) in [5.41, 5.74) is 2.93. The lowest BCUT2D eigenvalue weighted by atomic mass is 10.1. The van der Waals surface area contributed by atoms with E-state index in [1.165, 1.54) is 0 Å². The molecule has 0 unspecified atom stereocenters. The van der Waals surface area contributed by atoms with Crippen LogP contribution < -0.4 is 15.4 Å². The summed E-state index contributed by atoms with van der Waals surface area (Å²) >= 11 is 0. The average Bonchev–Trinajstić information content (AvgIpc) is 2.75. The van der Waals surface area contributed by atoms with Crippen molar-refractivity contribution in [3.63, 3.8) is 0 Å². The molecule has 0 fully saturated rings. The molecule has 6 heteroatoms. The lowest BCUT2D eigenvalue weighted by Crippen LogP contribution is -2.08. The highest BCUT2D eigenvalue weighted by Crippen LogP contribution is 2.23. The van der Waals surface area contributed by atoms with Crippen molar-refractivity contribution in [3.05, 3.63) is 78.6 Å². The maximum atomic E-state index is 5.40. The molecule has 140 valence electrons. The van der Waals surface area contributed by atoms with Crippen LogP contribution in [0.4, 0.5) is 17.5 Å². The van der Waals surface area contributed by atoms with Crippen molar-refractivity contribution in [1.82, 2.24) is 15.0 Å². The van der Waals surface area contributed by atoms with Gasteiger partial charge in [0.25, 0.3) is 0 Å². The predicted molar refractivity (Wildman–Crippen MR) is 112 cm³/mol. The first-order valence-electron chi connectivity index (χ1n) is 9.13. The number of fused-ring (bicyclic) bond motifs is 1. The third-order valence-electron chi connectivity index (χ3n) is 4.43. The number of pyridine rings is 1. The number of para-hydroxylation sites is 2. The van der Waals surface area contributed by atoms with Gasteiger partial charge < -0.3 is 15.4 Å². The van der Waals surface area contributed by atoms with Gasteiger partial charge in [0.05, 0.1) is 18.3 Å². The minimum atomic E-state index is 0.528. The molecular formula is C22H21N5O. The van der Waals surface area contributed by atoms with Crippen molar-refractivity contribution in [1.29, 1.82) is 0 Å². The molecule has 0 amide bonds. The highest BCUT2D eigenvalue weighted by atomic mass is 16.5. The molecule has 0 aliphatic carbocycles. The van der Waals surface area contributed by atoms with Gasteiger partial charge in [-0.05, 0) is 36.2 Å². The van der Waals surface area contributed by atoms with Gasteiger partial charge in [0, 0.05) is 24.3 Å². The Bertz CT molecular complexity index is 1080. The summed E-state index contributed by atoms with van der Waals surface area (Å²) in [5, 5.41) is 7.68. The van der Waals surface area contributed by atoms with Gasteiger partial charge in [0.1, 0.15) is 11.6 Å². The summed E-state index contributed by atoms with van der Waals surface area (Å²) in [7, 11) is 1.69. The normalized spacial score (nSPS) is 10.6. The average molecular weight is 371 g/mol. The summed E-state index contributed by atoms with van der Waals surface area (Å²) in [6.45, 7) is 0.743. The second-order valence-electron chi connectivity index (χ2n) is 6.26. The monoisotopic (exact) mass is 371 g/mol. The first-order chi connectivity index (χ1) is 13.8. The number of methoxy groups -OCH3 is 1. The zero-order valence-corrected chi connectivity index (χ0v) is 15.6. The molecule has 0 aliphatic heterocycles. The van der Waals surface area contributed by atoms with Crippen LogP contribution >= 0.6 is 0 Å². The molecule has 4 aromatic rings. The van der Waals surface area contributed by atoms with Crippen LogP contribution in [0.5, 0.6) is 5.75 Å². The van der Waals surface area contributed by atoms with E-state index in [9.17, 15) is 0 Å². The van der Waals surface area contributed by atoms with Crippen LogP contribution in [0.15, 0.2) is 73.1 Å². The van der Waals surface area contributed by atoms with E-state index in [-0.39, 0.29) is 0 Å². The summed E-state index contributed by atoms with van der Waals surface area (Å²) in [6, 6.07) is 19.8. The van der Waals surface area contributed by atoms with Crippen LogP contribution in [-0.2, 0) is 6.42 Å². The van der Waals surface area contributed by atoms with E-state index in [1.54, 1.807) is 19.5 Å². The smallest absolute Gasteiger partial charge is 0.229 e. The topological polar surface area (TPSA) is 72.0 Å². The molecule has 0 bridgehead atoms. The van der Waals surface area contributed by atoms with E-state index < -0.39 is 0 Å². The van der Waals surface area contributed by atoms with Crippen molar-refractivity contribution in [2.45, 2.75) is 6.42 Å². The second-order valence-corrected chi connectivity index (χ2v) is 6.26. The van der Waals surface area contributed by atoms with Crippen molar-refractivity contribution in [3.8, 4) is 5.75 Å². The highest BCUT2D eigenvalue weighted by molar-refractivity contribution is 5.91. The Morgan fingerprint density at radius 3 is 2.71 bits per heavy atom. The first kappa shape index (κ1) is 17.7. The molecular weight excluding hydrogens is 350 g/mol. The molecule has 0 aliphatic rings. The van der Waals surface area contributed by atoms with Gasteiger partial charge in [-0.3, -0.25) is 4.98 Å². The van der Waals surface area contributed by atoms with E-state index in [0.29, 0.717) is 5.95 Å². The molecule has 2 aromatic carbocycles. The Morgan fingerprint density at radius 2 is 1.79 bits per heavy atom. The fourth-order valence-electron chi connectivity index (χ4n) is 3.08. The molecule has 0 atom stereocenters. The fourth-order valence-corrected chi connectivity index (χ4v) is 3.08. The summed E-state index contributed by atoms with van der Waals surface area (Å²) in [6.07, 6.45) is 4.35.